The van der Waals surface area contributed by atoms with Crippen LogP contribution in [0.2, 0.25) is 0 Å². The number of benzene rings is 1. The van der Waals surface area contributed by atoms with Gasteiger partial charge in [0.15, 0.2) is 5.76 Å². The minimum Gasteiger partial charge on any atom is -0.451 e. The summed E-state index contributed by atoms with van der Waals surface area (Å²) in [6.45, 7) is 6.50. The number of hydrogen-bond acceptors (Lipinski definition) is 5. The summed E-state index contributed by atoms with van der Waals surface area (Å²) in [6.07, 6.45) is 1.88. The molecule has 7 nitrogen and oxygen atoms in total. The standard InChI is InChI=1S/C23H30N2O5/c1-15-5-6-18-17(11-15)12-19(30-18)21(27)25-9-7-23(8-10-25)13-20(24(4)16(2)26)22(3,28)14-29-23/h5-6,11-12,20,28H,7-10,13-14H2,1-4H3/t20-,22-/m0/s1. The summed E-state index contributed by atoms with van der Waals surface area (Å²) in [5.74, 6) is 0.164. The zero-order valence-electron chi connectivity index (χ0n) is 18.1. The van der Waals surface area contributed by atoms with Crippen LogP contribution in [0.1, 0.15) is 49.2 Å². The second-order valence-electron chi connectivity index (χ2n) is 9.12. The SMILES string of the molecule is CC(=O)N(C)[C@H]1CC2(CCN(C(=O)c3cc4cc(C)ccc4o3)CC2)OC[C@]1(C)O. The Labute approximate surface area is 176 Å². The van der Waals surface area contributed by atoms with E-state index in [9.17, 15) is 14.7 Å². The Hall–Kier alpha value is -2.38. The summed E-state index contributed by atoms with van der Waals surface area (Å²) in [7, 11) is 1.72. The van der Waals surface area contributed by atoms with Gasteiger partial charge < -0.3 is 24.1 Å². The van der Waals surface area contributed by atoms with E-state index in [1.165, 1.54) is 6.92 Å². The molecular formula is C23H30N2O5. The predicted molar refractivity (Wildman–Crippen MR) is 112 cm³/mol. The van der Waals surface area contributed by atoms with Gasteiger partial charge in [-0.2, -0.15) is 0 Å². The second kappa shape index (κ2) is 7.39. The Morgan fingerprint density at radius 1 is 1.23 bits per heavy atom. The van der Waals surface area contributed by atoms with Crippen LogP contribution in [0.25, 0.3) is 11.0 Å². The van der Waals surface area contributed by atoms with Crippen molar-refractivity contribution >= 4 is 22.8 Å². The first-order valence-corrected chi connectivity index (χ1v) is 10.5. The van der Waals surface area contributed by atoms with Crippen molar-refractivity contribution in [3.63, 3.8) is 0 Å². The van der Waals surface area contributed by atoms with Crippen LogP contribution in [0.15, 0.2) is 28.7 Å². The number of amides is 2. The highest BCUT2D eigenvalue weighted by atomic mass is 16.5. The van der Waals surface area contributed by atoms with Crippen molar-refractivity contribution in [3.8, 4) is 0 Å². The molecule has 0 aliphatic carbocycles. The molecule has 162 valence electrons. The van der Waals surface area contributed by atoms with Crippen LogP contribution in [0, 0.1) is 6.92 Å². The third-order valence-electron chi connectivity index (χ3n) is 6.76. The van der Waals surface area contributed by atoms with Crippen molar-refractivity contribution in [2.75, 3.05) is 26.7 Å². The lowest BCUT2D eigenvalue weighted by Crippen LogP contribution is -2.64. The molecule has 4 rings (SSSR count). The molecule has 0 bridgehead atoms. The molecule has 30 heavy (non-hydrogen) atoms. The fourth-order valence-electron chi connectivity index (χ4n) is 4.69. The molecule has 2 saturated heterocycles. The number of carbonyl (C=O) groups excluding carboxylic acids is 2. The zero-order valence-corrected chi connectivity index (χ0v) is 18.1. The van der Waals surface area contributed by atoms with Crippen molar-refractivity contribution in [1.29, 1.82) is 0 Å². The number of nitrogens with zero attached hydrogens (tertiary/aromatic N) is 2. The van der Waals surface area contributed by atoms with Crippen molar-refractivity contribution in [3.05, 3.63) is 35.6 Å². The van der Waals surface area contributed by atoms with Crippen LogP contribution in [0.3, 0.4) is 0 Å². The van der Waals surface area contributed by atoms with Crippen LogP contribution in [0.5, 0.6) is 0 Å². The molecule has 0 unspecified atom stereocenters. The number of furan rings is 1. The summed E-state index contributed by atoms with van der Waals surface area (Å²) in [4.78, 5) is 28.3. The monoisotopic (exact) mass is 414 g/mol. The van der Waals surface area contributed by atoms with Gasteiger partial charge in [-0.05, 0) is 51.3 Å². The summed E-state index contributed by atoms with van der Waals surface area (Å²) < 4.78 is 11.9. The Bertz CT molecular complexity index is 971. The van der Waals surface area contributed by atoms with Crippen LogP contribution >= 0.6 is 0 Å². The number of piperidine rings is 1. The average molecular weight is 415 g/mol. The number of aliphatic hydroxyl groups is 1. The van der Waals surface area contributed by atoms with E-state index in [1.807, 2.05) is 25.1 Å². The topological polar surface area (TPSA) is 83.2 Å². The first-order valence-electron chi connectivity index (χ1n) is 10.5. The van der Waals surface area contributed by atoms with E-state index in [2.05, 4.69) is 0 Å². The number of ether oxygens (including phenoxy) is 1. The minimum absolute atomic E-state index is 0.0786. The average Bonchev–Trinajstić information content (AvgIpc) is 3.12. The molecule has 2 aliphatic rings. The van der Waals surface area contributed by atoms with Gasteiger partial charge in [-0.15, -0.1) is 0 Å². The summed E-state index contributed by atoms with van der Waals surface area (Å²) in [6, 6.07) is 7.36. The van der Waals surface area contributed by atoms with Gasteiger partial charge in [-0.1, -0.05) is 11.6 Å². The van der Waals surface area contributed by atoms with Gasteiger partial charge in [0.1, 0.15) is 11.2 Å². The summed E-state index contributed by atoms with van der Waals surface area (Å²) in [5, 5.41) is 11.7. The van der Waals surface area contributed by atoms with Crippen LogP contribution in [0.4, 0.5) is 0 Å². The first kappa shape index (κ1) is 20.9. The Morgan fingerprint density at radius 3 is 2.60 bits per heavy atom. The number of carbonyl (C=O) groups is 2. The molecule has 7 heteroatoms. The van der Waals surface area contributed by atoms with Gasteiger partial charge >= 0.3 is 0 Å². The molecule has 3 heterocycles. The fraction of sp³-hybridized carbons (Fsp3) is 0.565. The van der Waals surface area contributed by atoms with Gasteiger partial charge in [-0.25, -0.2) is 0 Å². The molecule has 0 saturated carbocycles. The smallest absolute Gasteiger partial charge is 0.289 e. The fourth-order valence-corrected chi connectivity index (χ4v) is 4.69. The Kier molecular flexibility index (Phi) is 5.14. The molecule has 2 atom stereocenters. The highest BCUT2D eigenvalue weighted by molar-refractivity contribution is 5.96. The molecular weight excluding hydrogens is 384 g/mol. The van der Waals surface area contributed by atoms with E-state index in [4.69, 9.17) is 9.15 Å². The van der Waals surface area contributed by atoms with E-state index >= 15 is 0 Å². The van der Waals surface area contributed by atoms with Crippen LogP contribution in [-0.4, -0.2) is 70.7 Å². The molecule has 2 aliphatic heterocycles. The number of rotatable bonds is 2. The maximum atomic E-state index is 13.0. The number of aryl methyl sites for hydroxylation is 1. The third-order valence-corrected chi connectivity index (χ3v) is 6.76. The van der Waals surface area contributed by atoms with Gasteiger partial charge in [0.2, 0.25) is 5.91 Å². The molecule has 1 N–H and O–H groups in total. The molecule has 1 spiro atoms. The number of hydrogen-bond donors (Lipinski definition) is 1. The molecule has 1 aromatic heterocycles. The quantitative estimate of drug-likeness (QED) is 0.817. The highest BCUT2D eigenvalue weighted by Gasteiger charge is 2.50. The lowest BCUT2D eigenvalue weighted by atomic mass is 9.77. The number of fused-ring (bicyclic) bond motifs is 1. The van der Waals surface area contributed by atoms with Crippen molar-refractivity contribution in [2.24, 2.45) is 0 Å². The van der Waals surface area contributed by atoms with E-state index in [1.54, 1.807) is 29.8 Å². The lowest BCUT2D eigenvalue weighted by Gasteiger charge is -2.52. The van der Waals surface area contributed by atoms with E-state index < -0.39 is 11.2 Å². The van der Waals surface area contributed by atoms with Gasteiger partial charge in [0.05, 0.1) is 18.2 Å². The molecule has 1 aromatic carbocycles. The largest absolute Gasteiger partial charge is 0.451 e. The van der Waals surface area contributed by atoms with Crippen LogP contribution in [-0.2, 0) is 9.53 Å². The third kappa shape index (κ3) is 3.72. The Balaban J connectivity index is 1.46. The normalized spacial score (nSPS) is 26.2. The maximum absolute atomic E-state index is 13.0. The molecule has 2 aromatic rings. The van der Waals surface area contributed by atoms with E-state index in [-0.39, 0.29) is 24.5 Å². The predicted octanol–water partition coefficient (Wildman–Crippen LogP) is 2.73. The maximum Gasteiger partial charge on any atom is 0.289 e. The van der Waals surface area contributed by atoms with E-state index in [0.717, 1.165) is 10.9 Å². The number of likely N-dealkylation sites (tertiary alicyclic amines) is 1. The minimum atomic E-state index is -1.09. The van der Waals surface area contributed by atoms with Crippen molar-refractivity contribution < 1.29 is 23.8 Å². The lowest BCUT2D eigenvalue weighted by molar-refractivity contribution is -0.207. The second-order valence-corrected chi connectivity index (χ2v) is 9.12. The van der Waals surface area contributed by atoms with E-state index in [0.29, 0.717) is 43.7 Å². The van der Waals surface area contributed by atoms with Crippen molar-refractivity contribution in [1.82, 2.24) is 9.80 Å². The van der Waals surface area contributed by atoms with Gasteiger partial charge in [0, 0.05) is 32.4 Å². The molecule has 2 fully saturated rings. The highest BCUT2D eigenvalue weighted by Crippen LogP contribution is 2.40. The Morgan fingerprint density at radius 2 is 1.93 bits per heavy atom. The summed E-state index contributed by atoms with van der Waals surface area (Å²) in [5.41, 5.74) is 0.312. The van der Waals surface area contributed by atoms with Crippen molar-refractivity contribution in [2.45, 2.75) is 57.3 Å². The van der Waals surface area contributed by atoms with Crippen LogP contribution < -0.4 is 0 Å². The number of likely N-dealkylation sites (N-methyl/N-ethyl adjacent to an activating group) is 1. The van der Waals surface area contributed by atoms with Gasteiger partial charge in [0.25, 0.3) is 5.91 Å². The molecule has 2 amide bonds. The zero-order chi connectivity index (χ0) is 21.7. The van der Waals surface area contributed by atoms with Gasteiger partial charge in [-0.3, -0.25) is 9.59 Å². The summed E-state index contributed by atoms with van der Waals surface area (Å²) >= 11 is 0. The molecule has 0 radical (unpaired) electrons. The first-order chi connectivity index (χ1) is 14.1.